The molecule has 0 bridgehead atoms. The van der Waals surface area contributed by atoms with Crippen LogP contribution in [0.3, 0.4) is 0 Å². The molecule has 0 rings (SSSR count). The highest BCUT2D eigenvalue weighted by atomic mass is 16.3. The van der Waals surface area contributed by atoms with Gasteiger partial charge < -0.3 is 25.2 Å². The van der Waals surface area contributed by atoms with Gasteiger partial charge in [-0.1, -0.05) is 0 Å². The van der Waals surface area contributed by atoms with Gasteiger partial charge in [0.1, 0.15) is 12.9 Å². The number of hydrogen-bond acceptors (Lipinski definition) is 5. The van der Waals surface area contributed by atoms with Crippen LogP contribution >= 0.6 is 0 Å². The highest BCUT2D eigenvalue weighted by Crippen LogP contribution is 1.71. The first-order valence-electron chi connectivity index (χ1n) is 3.02. The van der Waals surface area contributed by atoms with Crippen LogP contribution in [-0.4, -0.2) is 53.1 Å². The molecule has 0 spiro atoms. The van der Waals surface area contributed by atoms with E-state index in [4.69, 9.17) is 25.2 Å². The van der Waals surface area contributed by atoms with E-state index in [0.717, 1.165) is 0 Å². The van der Waals surface area contributed by atoms with E-state index >= 15 is 0 Å². The van der Waals surface area contributed by atoms with Gasteiger partial charge in [0.05, 0.1) is 13.2 Å². The minimum Gasteiger partial charge on any atom is -0.397 e. The second-order valence-electron chi connectivity index (χ2n) is 1.34. The normalized spacial score (nSPS) is 7.45. The molecule has 0 aromatic carbocycles. The Morgan fingerprint density at radius 3 is 1.36 bits per heavy atom. The van der Waals surface area contributed by atoms with E-state index < -0.39 is 6.10 Å². The third-order valence-corrected chi connectivity index (χ3v) is 0.421. The fraction of sp³-hybridized carbons (Fsp3) is 0.833. The Labute approximate surface area is 65.9 Å². The summed E-state index contributed by atoms with van der Waals surface area (Å²) >= 11 is 0. The van der Waals surface area contributed by atoms with Crippen molar-refractivity contribution >= 4 is 6.79 Å². The van der Waals surface area contributed by atoms with Crippen LogP contribution in [0.25, 0.3) is 0 Å². The zero-order chi connectivity index (χ0) is 9.70. The number of aliphatic hydroxyl groups is 4. The Bertz CT molecular complexity index is 46.2. The van der Waals surface area contributed by atoms with Gasteiger partial charge >= 0.3 is 0 Å². The highest BCUT2D eigenvalue weighted by Gasteiger charge is 1.93. The number of carbonyl (C=O) groups excluding carboxylic acids is 1. The van der Waals surface area contributed by atoms with Crippen LogP contribution < -0.4 is 0 Å². The molecule has 0 aliphatic carbocycles. The summed E-state index contributed by atoms with van der Waals surface area (Å²) in [6.07, 6.45) is -0.954. The van der Waals surface area contributed by atoms with E-state index in [2.05, 4.69) is 0 Å². The number of carbonyl (C=O) groups is 1. The number of rotatable bonds is 2. The van der Waals surface area contributed by atoms with Gasteiger partial charge in [-0.15, -0.1) is 0 Å². The Morgan fingerprint density at radius 2 is 1.36 bits per heavy atom. The fourth-order valence-electron chi connectivity index (χ4n) is 0.0577. The van der Waals surface area contributed by atoms with Gasteiger partial charge in [0, 0.05) is 6.61 Å². The van der Waals surface area contributed by atoms with Crippen molar-refractivity contribution in [3.8, 4) is 0 Å². The molecule has 70 valence electrons. The lowest BCUT2D eigenvalue weighted by atomic mass is 10.4. The molecule has 0 unspecified atom stereocenters. The van der Waals surface area contributed by atoms with Crippen molar-refractivity contribution in [2.45, 2.75) is 13.0 Å². The Morgan fingerprint density at radius 1 is 1.18 bits per heavy atom. The summed E-state index contributed by atoms with van der Waals surface area (Å²) < 4.78 is 0. The van der Waals surface area contributed by atoms with Crippen LogP contribution in [-0.2, 0) is 4.79 Å². The van der Waals surface area contributed by atoms with E-state index in [1.165, 1.54) is 0 Å². The van der Waals surface area contributed by atoms with Crippen LogP contribution in [0.15, 0.2) is 0 Å². The number of aliphatic hydroxyl groups excluding tert-OH is 4. The van der Waals surface area contributed by atoms with Crippen molar-refractivity contribution in [3.63, 3.8) is 0 Å². The van der Waals surface area contributed by atoms with Gasteiger partial charge in [-0.05, 0) is 6.92 Å². The molecule has 0 saturated heterocycles. The quantitative estimate of drug-likeness (QED) is 0.388. The van der Waals surface area contributed by atoms with Crippen molar-refractivity contribution in [3.05, 3.63) is 0 Å². The highest BCUT2D eigenvalue weighted by molar-refractivity contribution is 5.10. The summed E-state index contributed by atoms with van der Waals surface area (Å²) in [5, 5.41) is 31.6. The van der Waals surface area contributed by atoms with Crippen LogP contribution in [0.1, 0.15) is 6.92 Å². The monoisotopic (exact) mass is 168 g/mol. The Balaban J connectivity index is -0.000000109. The maximum atomic E-state index is 8.17. The molecular formula is C6H16O5. The Hall–Kier alpha value is -0.490. The first-order chi connectivity index (χ1) is 5.22. The van der Waals surface area contributed by atoms with Crippen molar-refractivity contribution in [2.75, 3.05) is 19.8 Å². The van der Waals surface area contributed by atoms with Crippen LogP contribution in [0, 0.1) is 0 Å². The summed E-state index contributed by atoms with van der Waals surface area (Å²) in [6.45, 7) is 3.20. The van der Waals surface area contributed by atoms with Gasteiger partial charge in [-0.2, -0.15) is 0 Å². The molecule has 5 nitrogen and oxygen atoms in total. The minimum absolute atomic E-state index is 0.250. The maximum absolute atomic E-state index is 8.17. The molecule has 0 amide bonds. The van der Waals surface area contributed by atoms with Crippen molar-refractivity contribution in [2.24, 2.45) is 0 Å². The van der Waals surface area contributed by atoms with E-state index in [1.807, 2.05) is 6.79 Å². The lowest BCUT2D eigenvalue weighted by Crippen LogP contribution is -2.15. The second kappa shape index (κ2) is 22.7. The zero-order valence-electron chi connectivity index (χ0n) is 6.60. The molecule has 0 aliphatic rings. The van der Waals surface area contributed by atoms with Crippen molar-refractivity contribution in [1.82, 2.24) is 0 Å². The average molecular weight is 168 g/mol. The molecule has 0 saturated carbocycles. The standard InChI is InChI=1S/C3H8O3.C2H6O.CH2O/c4-1-3(6)2-5;1-2-3;1-2/h3-6H,1-2H2;3H,2H2,1H3;1H2. The lowest BCUT2D eigenvalue weighted by molar-refractivity contribution is -0.0979. The SMILES string of the molecule is C=O.CCO.OCC(O)CO. The van der Waals surface area contributed by atoms with Crippen molar-refractivity contribution in [1.29, 1.82) is 0 Å². The van der Waals surface area contributed by atoms with E-state index in [0.29, 0.717) is 0 Å². The van der Waals surface area contributed by atoms with Crippen LogP contribution in [0.4, 0.5) is 0 Å². The molecule has 0 heterocycles. The molecular weight excluding hydrogens is 152 g/mol. The van der Waals surface area contributed by atoms with Crippen LogP contribution in [0.2, 0.25) is 0 Å². The van der Waals surface area contributed by atoms with E-state index in [-0.39, 0.29) is 19.8 Å². The molecule has 5 heteroatoms. The van der Waals surface area contributed by atoms with E-state index in [1.54, 1.807) is 6.92 Å². The maximum Gasteiger partial charge on any atom is 0.106 e. The van der Waals surface area contributed by atoms with Gasteiger partial charge in [0.25, 0.3) is 0 Å². The molecule has 0 aromatic heterocycles. The fourth-order valence-corrected chi connectivity index (χ4v) is 0.0577. The van der Waals surface area contributed by atoms with Gasteiger partial charge in [-0.25, -0.2) is 0 Å². The lowest BCUT2D eigenvalue weighted by Gasteiger charge is -1.96. The van der Waals surface area contributed by atoms with Gasteiger partial charge in [0.15, 0.2) is 0 Å². The third kappa shape index (κ3) is 43.5. The predicted octanol–water partition coefficient (Wildman–Crippen LogP) is -1.85. The second-order valence-corrected chi connectivity index (χ2v) is 1.34. The third-order valence-electron chi connectivity index (χ3n) is 0.421. The predicted molar refractivity (Wildman–Crippen MR) is 40.1 cm³/mol. The molecule has 0 radical (unpaired) electrons. The average Bonchev–Trinajstić information content (AvgIpc) is 2.08. The summed E-state index contributed by atoms with van der Waals surface area (Å²) in [7, 11) is 0. The smallest absolute Gasteiger partial charge is 0.106 e. The molecule has 0 fully saturated rings. The topological polar surface area (TPSA) is 98.0 Å². The molecule has 0 atom stereocenters. The van der Waals surface area contributed by atoms with Gasteiger partial charge in [-0.3, -0.25) is 0 Å². The van der Waals surface area contributed by atoms with E-state index in [9.17, 15) is 0 Å². The Kier molecular flexibility index (Phi) is 34.8. The first kappa shape index (κ1) is 16.9. The van der Waals surface area contributed by atoms with Crippen molar-refractivity contribution < 1.29 is 25.2 Å². The largest absolute Gasteiger partial charge is 0.397 e. The number of hydrogen-bond donors (Lipinski definition) is 4. The molecule has 0 aromatic rings. The summed E-state index contributed by atoms with van der Waals surface area (Å²) in [5.74, 6) is 0. The minimum atomic E-state index is -0.954. The summed E-state index contributed by atoms with van der Waals surface area (Å²) in [6, 6.07) is 0. The first-order valence-corrected chi connectivity index (χ1v) is 3.02. The molecule has 11 heavy (non-hydrogen) atoms. The van der Waals surface area contributed by atoms with Gasteiger partial charge in [0.2, 0.25) is 0 Å². The summed E-state index contributed by atoms with van der Waals surface area (Å²) in [4.78, 5) is 8.00. The molecule has 0 aliphatic heterocycles. The molecule has 4 N–H and O–H groups in total. The summed E-state index contributed by atoms with van der Waals surface area (Å²) in [5.41, 5.74) is 0. The zero-order valence-corrected chi connectivity index (χ0v) is 6.60. The van der Waals surface area contributed by atoms with Crippen LogP contribution in [0.5, 0.6) is 0 Å².